The summed E-state index contributed by atoms with van der Waals surface area (Å²) in [4.78, 5) is 15.3. The standard InChI is InChI=1S/C25H26N2O2/c1-19-7-5-6-10-23(19)24(20-8-3-2-4-9-20)26-25(28)21-11-13-22(14-12-21)27-15-17-29-18-16-27/h2-14,24H,15-18H2,1H3,(H,26,28)/t24-/m0/s1. The van der Waals surface area contributed by atoms with Crippen LogP contribution in [0.15, 0.2) is 78.9 Å². The zero-order valence-electron chi connectivity index (χ0n) is 16.7. The van der Waals surface area contributed by atoms with E-state index in [9.17, 15) is 4.79 Å². The molecule has 1 fully saturated rings. The van der Waals surface area contributed by atoms with E-state index in [0.717, 1.165) is 48.7 Å². The van der Waals surface area contributed by atoms with Gasteiger partial charge < -0.3 is 15.0 Å². The smallest absolute Gasteiger partial charge is 0.252 e. The average molecular weight is 386 g/mol. The molecule has 29 heavy (non-hydrogen) atoms. The predicted molar refractivity (Wildman–Crippen MR) is 116 cm³/mol. The Kier molecular flexibility index (Phi) is 5.92. The van der Waals surface area contributed by atoms with Crippen LogP contribution in [0.5, 0.6) is 0 Å². The van der Waals surface area contributed by atoms with Crippen LogP contribution in [0.3, 0.4) is 0 Å². The van der Waals surface area contributed by atoms with Crippen molar-refractivity contribution in [3.05, 3.63) is 101 Å². The summed E-state index contributed by atoms with van der Waals surface area (Å²) >= 11 is 0. The molecule has 3 aromatic rings. The van der Waals surface area contributed by atoms with Gasteiger partial charge in [-0.3, -0.25) is 4.79 Å². The van der Waals surface area contributed by atoms with Gasteiger partial charge in [0.25, 0.3) is 5.91 Å². The van der Waals surface area contributed by atoms with Crippen LogP contribution in [0.25, 0.3) is 0 Å². The SMILES string of the molecule is Cc1ccccc1[C@@H](NC(=O)c1ccc(N2CCOCC2)cc1)c1ccccc1. The van der Waals surface area contributed by atoms with Crippen LogP contribution in [0.1, 0.15) is 33.1 Å². The molecule has 1 aliphatic rings. The quantitative estimate of drug-likeness (QED) is 0.709. The monoisotopic (exact) mass is 386 g/mol. The predicted octanol–water partition coefficient (Wildman–Crippen LogP) is 4.35. The lowest BCUT2D eigenvalue weighted by atomic mass is 9.94. The molecule has 1 amide bonds. The highest BCUT2D eigenvalue weighted by molar-refractivity contribution is 5.95. The van der Waals surface area contributed by atoms with Gasteiger partial charge in [-0.05, 0) is 47.9 Å². The van der Waals surface area contributed by atoms with Crippen molar-refractivity contribution in [3.8, 4) is 0 Å². The van der Waals surface area contributed by atoms with Gasteiger partial charge in [0.1, 0.15) is 0 Å². The fourth-order valence-corrected chi connectivity index (χ4v) is 3.76. The summed E-state index contributed by atoms with van der Waals surface area (Å²) in [6, 6.07) is 26.0. The van der Waals surface area contributed by atoms with Crippen LogP contribution in [-0.2, 0) is 4.74 Å². The minimum Gasteiger partial charge on any atom is -0.378 e. The number of aryl methyl sites for hydroxylation is 1. The molecule has 3 aromatic carbocycles. The minimum absolute atomic E-state index is 0.0735. The van der Waals surface area contributed by atoms with E-state index in [1.807, 2.05) is 54.6 Å². The van der Waals surface area contributed by atoms with Gasteiger partial charge in [0, 0.05) is 24.3 Å². The highest BCUT2D eigenvalue weighted by Gasteiger charge is 2.19. The summed E-state index contributed by atoms with van der Waals surface area (Å²) < 4.78 is 5.41. The van der Waals surface area contributed by atoms with Gasteiger partial charge in [-0.15, -0.1) is 0 Å². The molecule has 4 heteroatoms. The van der Waals surface area contributed by atoms with Gasteiger partial charge in [0.15, 0.2) is 0 Å². The van der Waals surface area contributed by atoms with Gasteiger partial charge >= 0.3 is 0 Å². The highest BCUT2D eigenvalue weighted by Crippen LogP contribution is 2.25. The molecule has 1 atom stereocenters. The van der Waals surface area contributed by atoms with Crippen molar-refractivity contribution in [1.29, 1.82) is 0 Å². The second kappa shape index (κ2) is 8.93. The van der Waals surface area contributed by atoms with E-state index in [0.29, 0.717) is 5.56 Å². The summed E-state index contributed by atoms with van der Waals surface area (Å²) in [7, 11) is 0. The van der Waals surface area contributed by atoms with E-state index in [-0.39, 0.29) is 11.9 Å². The third-order valence-electron chi connectivity index (χ3n) is 5.41. The fraction of sp³-hybridized carbons (Fsp3) is 0.240. The van der Waals surface area contributed by atoms with Crippen LogP contribution in [0, 0.1) is 6.92 Å². The number of morpholine rings is 1. The number of carbonyl (C=O) groups is 1. The van der Waals surface area contributed by atoms with Crippen LogP contribution >= 0.6 is 0 Å². The molecular weight excluding hydrogens is 360 g/mol. The van der Waals surface area contributed by atoms with Crippen LogP contribution < -0.4 is 10.2 Å². The second-order valence-corrected chi connectivity index (χ2v) is 7.32. The van der Waals surface area contributed by atoms with E-state index in [1.54, 1.807) is 0 Å². The number of hydrogen-bond donors (Lipinski definition) is 1. The number of carbonyl (C=O) groups excluding carboxylic acids is 1. The van der Waals surface area contributed by atoms with Crippen molar-refractivity contribution in [2.75, 3.05) is 31.2 Å². The van der Waals surface area contributed by atoms with Gasteiger partial charge in [-0.2, -0.15) is 0 Å². The van der Waals surface area contributed by atoms with Crippen molar-refractivity contribution in [3.63, 3.8) is 0 Å². The lowest BCUT2D eigenvalue weighted by Crippen LogP contribution is -2.36. The number of anilines is 1. The first-order chi connectivity index (χ1) is 14.2. The Hall–Kier alpha value is -3.11. The minimum atomic E-state index is -0.191. The Labute approximate surface area is 172 Å². The van der Waals surface area contributed by atoms with Crippen molar-refractivity contribution >= 4 is 11.6 Å². The summed E-state index contributed by atoms with van der Waals surface area (Å²) in [5.74, 6) is -0.0735. The lowest BCUT2D eigenvalue weighted by Gasteiger charge is -2.29. The van der Waals surface area contributed by atoms with Gasteiger partial charge in [0.2, 0.25) is 0 Å². The zero-order valence-corrected chi connectivity index (χ0v) is 16.7. The molecule has 0 aliphatic carbocycles. The first-order valence-corrected chi connectivity index (χ1v) is 10.1. The van der Waals surface area contributed by atoms with E-state index in [2.05, 4.69) is 41.4 Å². The molecule has 1 saturated heterocycles. The molecule has 0 bridgehead atoms. The zero-order chi connectivity index (χ0) is 20.1. The Morgan fingerprint density at radius 3 is 2.24 bits per heavy atom. The highest BCUT2D eigenvalue weighted by atomic mass is 16.5. The number of amides is 1. The Bertz CT molecular complexity index is 948. The number of nitrogens with one attached hydrogen (secondary N) is 1. The van der Waals surface area contributed by atoms with Crippen LogP contribution in [0.4, 0.5) is 5.69 Å². The van der Waals surface area contributed by atoms with Crippen LogP contribution in [-0.4, -0.2) is 32.2 Å². The number of hydrogen-bond acceptors (Lipinski definition) is 3. The molecule has 1 heterocycles. The molecule has 1 aliphatic heterocycles. The molecule has 0 saturated carbocycles. The summed E-state index contributed by atoms with van der Waals surface area (Å²) in [6.07, 6.45) is 0. The van der Waals surface area contributed by atoms with Gasteiger partial charge in [-0.1, -0.05) is 54.6 Å². The molecule has 0 unspecified atom stereocenters. The Balaban J connectivity index is 1.56. The molecule has 1 N–H and O–H groups in total. The Morgan fingerprint density at radius 1 is 0.897 bits per heavy atom. The van der Waals surface area contributed by atoms with Gasteiger partial charge in [0.05, 0.1) is 19.3 Å². The van der Waals surface area contributed by atoms with Crippen molar-refractivity contribution < 1.29 is 9.53 Å². The molecule has 0 aromatic heterocycles. The van der Waals surface area contributed by atoms with Crippen molar-refractivity contribution in [2.45, 2.75) is 13.0 Å². The molecule has 0 radical (unpaired) electrons. The molecule has 4 rings (SSSR count). The van der Waals surface area contributed by atoms with Gasteiger partial charge in [-0.25, -0.2) is 0 Å². The average Bonchev–Trinajstić information content (AvgIpc) is 2.79. The third kappa shape index (κ3) is 4.49. The number of benzene rings is 3. The van der Waals surface area contributed by atoms with Crippen molar-refractivity contribution in [1.82, 2.24) is 5.32 Å². The fourth-order valence-electron chi connectivity index (χ4n) is 3.76. The van der Waals surface area contributed by atoms with Crippen LogP contribution in [0.2, 0.25) is 0 Å². The summed E-state index contributed by atoms with van der Waals surface area (Å²) in [5.41, 5.74) is 5.13. The third-order valence-corrected chi connectivity index (χ3v) is 5.41. The normalized spacial score (nSPS) is 15.0. The number of nitrogens with zero attached hydrogens (tertiary/aromatic N) is 1. The maximum atomic E-state index is 13.1. The number of rotatable bonds is 5. The second-order valence-electron chi connectivity index (χ2n) is 7.32. The molecule has 148 valence electrons. The summed E-state index contributed by atoms with van der Waals surface area (Å²) in [5, 5.41) is 3.23. The molecule has 4 nitrogen and oxygen atoms in total. The number of ether oxygens (including phenoxy) is 1. The van der Waals surface area contributed by atoms with Crippen molar-refractivity contribution in [2.24, 2.45) is 0 Å². The Morgan fingerprint density at radius 2 is 1.55 bits per heavy atom. The molecule has 0 spiro atoms. The first kappa shape index (κ1) is 19.2. The lowest BCUT2D eigenvalue weighted by molar-refractivity contribution is 0.0943. The topological polar surface area (TPSA) is 41.6 Å². The summed E-state index contributed by atoms with van der Waals surface area (Å²) in [6.45, 7) is 5.34. The van der Waals surface area contributed by atoms with E-state index >= 15 is 0 Å². The van der Waals surface area contributed by atoms with E-state index < -0.39 is 0 Å². The first-order valence-electron chi connectivity index (χ1n) is 10.1. The maximum Gasteiger partial charge on any atom is 0.252 e. The largest absolute Gasteiger partial charge is 0.378 e. The van der Waals surface area contributed by atoms with E-state index in [1.165, 1.54) is 0 Å². The van der Waals surface area contributed by atoms with E-state index in [4.69, 9.17) is 4.74 Å². The maximum absolute atomic E-state index is 13.1. The molecular formula is C25H26N2O2.